The van der Waals surface area contributed by atoms with Crippen molar-refractivity contribution in [3.05, 3.63) is 24.0 Å². The molecule has 1 N–H and O–H groups in total. The van der Waals surface area contributed by atoms with E-state index in [0.29, 0.717) is 25.6 Å². The standard InChI is InChI=1S/C11H15NO4/c1-2-5-15-6-7-16-10-3-4-12-8-9(10)11(13)14/h3-4,8H,2,5-7H2,1H3,(H,13,14). The van der Waals surface area contributed by atoms with E-state index in [0.717, 1.165) is 6.42 Å². The number of aromatic nitrogens is 1. The number of ether oxygens (including phenoxy) is 2. The van der Waals surface area contributed by atoms with Crippen molar-refractivity contribution >= 4 is 5.97 Å². The van der Waals surface area contributed by atoms with Gasteiger partial charge in [0.05, 0.1) is 6.61 Å². The number of carboxylic acids is 1. The van der Waals surface area contributed by atoms with E-state index < -0.39 is 5.97 Å². The van der Waals surface area contributed by atoms with E-state index in [1.54, 1.807) is 0 Å². The molecule has 1 rings (SSSR count). The maximum absolute atomic E-state index is 10.8. The van der Waals surface area contributed by atoms with Gasteiger partial charge in [-0.2, -0.15) is 0 Å². The molecule has 5 heteroatoms. The van der Waals surface area contributed by atoms with Crippen molar-refractivity contribution in [1.82, 2.24) is 4.98 Å². The Labute approximate surface area is 94.0 Å². The Morgan fingerprint density at radius 3 is 2.94 bits per heavy atom. The summed E-state index contributed by atoms with van der Waals surface area (Å²) in [6.07, 6.45) is 3.72. The lowest BCUT2D eigenvalue weighted by Crippen LogP contribution is -2.10. The summed E-state index contributed by atoms with van der Waals surface area (Å²) < 4.78 is 10.5. The van der Waals surface area contributed by atoms with Gasteiger partial charge < -0.3 is 14.6 Å². The molecule has 0 fully saturated rings. The van der Waals surface area contributed by atoms with Crippen molar-refractivity contribution < 1.29 is 19.4 Å². The van der Waals surface area contributed by atoms with Gasteiger partial charge in [0.1, 0.15) is 17.9 Å². The topological polar surface area (TPSA) is 68.7 Å². The number of rotatable bonds is 7. The van der Waals surface area contributed by atoms with E-state index in [4.69, 9.17) is 14.6 Å². The Bertz CT molecular complexity index is 341. The molecule has 1 aromatic heterocycles. The minimum Gasteiger partial charge on any atom is -0.490 e. The molecular formula is C11H15NO4. The lowest BCUT2D eigenvalue weighted by atomic mass is 10.2. The van der Waals surface area contributed by atoms with Crippen LogP contribution in [0.15, 0.2) is 18.5 Å². The highest BCUT2D eigenvalue weighted by Gasteiger charge is 2.10. The SMILES string of the molecule is CCCOCCOc1ccncc1C(=O)O. The molecule has 0 aliphatic rings. The highest BCUT2D eigenvalue weighted by atomic mass is 16.5. The summed E-state index contributed by atoms with van der Waals surface area (Å²) in [6, 6.07) is 1.53. The smallest absolute Gasteiger partial charge is 0.341 e. The van der Waals surface area contributed by atoms with Gasteiger partial charge in [-0.25, -0.2) is 4.79 Å². The van der Waals surface area contributed by atoms with Gasteiger partial charge in [0, 0.05) is 19.0 Å². The lowest BCUT2D eigenvalue weighted by Gasteiger charge is -2.08. The molecule has 0 aliphatic heterocycles. The molecule has 88 valence electrons. The van der Waals surface area contributed by atoms with Gasteiger partial charge in [0.2, 0.25) is 0 Å². The third-order valence-electron chi connectivity index (χ3n) is 1.85. The third kappa shape index (κ3) is 3.86. The molecular weight excluding hydrogens is 210 g/mol. The maximum Gasteiger partial charge on any atom is 0.341 e. The highest BCUT2D eigenvalue weighted by Crippen LogP contribution is 2.15. The molecule has 16 heavy (non-hydrogen) atoms. The minimum absolute atomic E-state index is 0.0676. The number of pyridine rings is 1. The summed E-state index contributed by atoms with van der Waals surface area (Å²) in [4.78, 5) is 14.5. The molecule has 0 atom stereocenters. The van der Waals surface area contributed by atoms with Crippen LogP contribution in [0.5, 0.6) is 5.75 Å². The van der Waals surface area contributed by atoms with Gasteiger partial charge >= 0.3 is 5.97 Å². The monoisotopic (exact) mass is 225 g/mol. The number of carbonyl (C=O) groups is 1. The Balaban J connectivity index is 2.44. The fourth-order valence-electron chi connectivity index (χ4n) is 1.13. The molecule has 0 saturated heterocycles. The average Bonchev–Trinajstić information content (AvgIpc) is 2.29. The molecule has 1 heterocycles. The van der Waals surface area contributed by atoms with Crippen LogP contribution < -0.4 is 4.74 Å². The first-order chi connectivity index (χ1) is 7.75. The molecule has 0 aliphatic carbocycles. The van der Waals surface area contributed by atoms with Crippen molar-refractivity contribution in [2.24, 2.45) is 0 Å². The largest absolute Gasteiger partial charge is 0.490 e. The summed E-state index contributed by atoms with van der Waals surface area (Å²) in [5, 5.41) is 8.86. The van der Waals surface area contributed by atoms with Gasteiger partial charge in [-0.15, -0.1) is 0 Å². The second-order valence-electron chi connectivity index (χ2n) is 3.14. The molecule has 0 bridgehead atoms. The fraction of sp³-hybridized carbons (Fsp3) is 0.455. The average molecular weight is 225 g/mol. The van der Waals surface area contributed by atoms with Crippen LogP contribution in [-0.4, -0.2) is 35.9 Å². The first kappa shape index (κ1) is 12.4. The Morgan fingerprint density at radius 1 is 1.44 bits per heavy atom. The minimum atomic E-state index is -1.04. The summed E-state index contributed by atoms with van der Waals surface area (Å²) in [7, 11) is 0. The number of carboxylic acid groups (broad SMARTS) is 1. The highest BCUT2D eigenvalue weighted by molar-refractivity contribution is 5.90. The first-order valence-electron chi connectivity index (χ1n) is 5.13. The molecule has 0 saturated carbocycles. The summed E-state index contributed by atoms with van der Waals surface area (Å²) in [5.74, 6) is -0.722. The Morgan fingerprint density at radius 2 is 2.25 bits per heavy atom. The fourth-order valence-corrected chi connectivity index (χ4v) is 1.13. The predicted molar refractivity (Wildman–Crippen MR) is 57.8 cm³/mol. The summed E-state index contributed by atoms with van der Waals surface area (Å²) in [5.41, 5.74) is 0.0676. The van der Waals surface area contributed by atoms with E-state index in [-0.39, 0.29) is 5.56 Å². The quantitative estimate of drug-likeness (QED) is 0.713. The van der Waals surface area contributed by atoms with Crippen molar-refractivity contribution in [3.63, 3.8) is 0 Å². The van der Waals surface area contributed by atoms with Gasteiger partial charge in [0.25, 0.3) is 0 Å². The van der Waals surface area contributed by atoms with Gasteiger partial charge in [0.15, 0.2) is 0 Å². The van der Waals surface area contributed by atoms with Crippen LogP contribution in [0.2, 0.25) is 0 Å². The molecule has 0 spiro atoms. The second-order valence-corrected chi connectivity index (χ2v) is 3.14. The van der Waals surface area contributed by atoms with Crippen LogP contribution in [0.3, 0.4) is 0 Å². The van der Waals surface area contributed by atoms with E-state index >= 15 is 0 Å². The van der Waals surface area contributed by atoms with E-state index in [2.05, 4.69) is 4.98 Å². The zero-order valence-corrected chi connectivity index (χ0v) is 9.18. The summed E-state index contributed by atoms with van der Waals surface area (Å²) in [6.45, 7) is 3.50. The van der Waals surface area contributed by atoms with Crippen LogP contribution in [0.25, 0.3) is 0 Å². The zero-order valence-electron chi connectivity index (χ0n) is 9.18. The van der Waals surface area contributed by atoms with Crippen LogP contribution in [0, 0.1) is 0 Å². The van der Waals surface area contributed by atoms with Crippen molar-refractivity contribution in [3.8, 4) is 5.75 Å². The first-order valence-corrected chi connectivity index (χ1v) is 5.13. The van der Waals surface area contributed by atoms with Crippen LogP contribution in [-0.2, 0) is 4.74 Å². The maximum atomic E-state index is 10.8. The molecule has 0 amide bonds. The zero-order chi connectivity index (χ0) is 11.8. The number of hydrogen-bond donors (Lipinski definition) is 1. The predicted octanol–water partition coefficient (Wildman–Crippen LogP) is 1.59. The summed E-state index contributed by atoms with van der Waals surface area (Å²) >= 11 is 0. The van der Waals surface area contributed by atoms with Crippen molar-refractivity contribution in [1.29, 1.82) is 0 Å². The lowest BCUT2D eigenvalue weighted by molar-refractivity contribution is 0.0685. The Kier molecular flexibility index (Phi) is 5.28. The molecule has 5 nitrogen and oxygen atoms in total. The third-order valence-corrected chi connectivity index (χ3v) is 1.85. The van der Waals surface area contributed by atoms with E-state index in [1.807, 2.05) is 6.92 Å². The Hall–Kier alpha value is -1.62. The van der Waals surface area contributed by atoms with Crippen molar-refractivity contribution in [2.45, 2.75) is 13.3 Å². The van der Waals surface area contributed by atoms with Crippen LogP contribution >= 0.6 is 0 Å². The van der Waals surface area contributed by atoms with Crippen molar-refractivity contribution in [2.75, 3.05) is 19.8 Å². The number of hydrogen-bond acceptors (Lipinski definition) is 4. The second kappa shape index (κ2) is 6.79. The molecule has 0 aromatic carbocycles. The normalized spacial score (nSPS) is 10.1. The number of nitrogens with zero attached hydrogens (tertiary/aromatic N) is 1. The molecule has 0 radical (unpaired) electrons. The van der Waals surface area contributed by atoms with Gasteiger partial charge in [-0.1, -0.05) is 6.92 Å². The molecule has 1 aromatic rings. The van der Waals surface area contributed by atoms with Crippen LogP contribution in [0.1, 0.15) is 23.7 Å². The van der Waals surface area contributed by atoms with Gasteiger partial charge in [-0.05, 0) is 12.5 Å². The van der Waals surface area contributed by atoms with E-state index in [1.165, 1.54) is 18.5 Å². The molecule has 0 unspecified atom stereocenters. The van der Waals surface area contributed by atoms with E-state index in [9.17, 15) is 4.79 Å². The van der Waals surface area contributed by atoms with Crippen LogP contribution in [0.4, 0.5) is 0 Å². The number of aromatic carboxylic acids is 1. The van der Waals surface area contributed by atoms with Gasteiger partial charge in [-0.3, -0.25) is 4.98 Å².